The van der Waals surface area contributed by atoms with Gasteiger partial charge in [0.15, 0.2) is 0 Å². The van der Waals surface area contributed by atoms with E-state index in [9.17, 15) is 9.59 Å². The van der Waals surface area contributed by atoms with Crippen LogP contribution < -0.4 is 4.90 Å². The van der Waals surface area contributed by atoms with Gasteiger partial charge in [-0.25, -0.2) is 0 Å². The van der Waals surface area contributed by atoms with E-state index in [1.54, 1.807) is 9.80 Å². The Morgan fingerprint density at radius 1 is 0.917 bits per heavy atom. The molecule has 1 fully saturated rings. The largest absolute Gasteiger partial charge is 0.333 e. The molecule has 0 N–H and O–H groups in total. The van der Waals surface area contributed by atoms with Gasteiger partial charge in [-0.15, -0.1) is 0 Å². The van der Waals surface area contributed by atoms with Crippen LogP contribution in [-0.4, -0.2) is 36.3 Å². The molecule has 0 bridgehead atoms. The average Bonchev–Trinajstić information content (AvgIpc) is 2.83. The molecule has 0 spiro atoms. The summed E-state index contributed by atoms with van der Waals surface area (Å²) in [6.45, 7) is 1.47. The zero-order valence-electron chi connectivity index (χ0n) is 13.7. The first-order valence-corrected chi connectivity index (χ1v) is 8.41. The van der Waals surface area contributed by atoms with Crippen LogP contribution in [0.5, 0.6) is 0 Å². The Hall–Kier alpha value is -2.62. The van der Waals surface area contributed by atoms with Crippen molar-refractivity contribution in [1.29, 1.82) is 0 Å². The monoisotopic (exact) mass is 322 g/mol. The second-order valence-electron chi connectivity index (χ2n) is 6.04. The van der Waals surface area contributed by atoms with E-state index in [4.69, 9.17) is 0 Å². The van der Waals surface area contributed by atoms with E-state index in [1.807, 2.05) is 60.7 Å². The number of rotatable bonds is 4. The van der Waals surface area contributed by atoms with E-state index in [0.717, 1.165) is 17.7 Å². The quantitative estimate of drug-likeness (QED) is 0.868. The zero-order chi connectivity index (χ0) is 16.8. The SMILES string of the molecule is O=C(CCc1ccccc1)N1CCCN(c2ccccc2)C(=O)C1. The van der Waals surface area contributed by atoms with Gasteiger partial charge in [0, 0.05) is 25.2 Å². The summed E-state index contributed by atoms with van der Waals surface area (Å²) in [6.07, 6.45) is 1.97. The summed E-state index contributed by atoms with van der Waals surface area (Å²) >= 11 is 0. The first-order valence-electron chi connectivity index (χ1n) is 8.41. The first kappa shape index (κ1) is 16.2. The number of anilines is 1. The minimum atomic E-state index is -0.00763. The molecular weight excluding hydrogens is 300 g/mol. The lowest BCUT2D eigenvalue weighted by atomic mass is 10.1. The third-order valence-electron chi connectivity index (χ3n) is 4.33. The summed E-state index contributed by atoms with van der Waals surface area (Å²) in [6, 6.07) is 19.6. The molecule has 0 saturated carbocycles. The van der Waals surface area contributed by atoms with Crippen LogP contribution in [0.2, 0.25) is 0 Å². The van der Waals surface area contributed by atoms with Crippen LogP contribution in [0.25, 0.3) is 0 Å². The number of carbonyl (C=O) groups is 2. The van der Waals surface area contributed by atoms with Crippen molar-refractivity contribution in [3.05, 3.63) is 66.2 Å². The van der Waals surface area contributed by atoms with Crippen molar-refractivity contribution in [2.75, 3.05) is 24.5 Å². The lowest BCUT2D eigenvalue weighted by Crippen LogP contribution is -2.39. The fraction of sp³-hybridized carbons (Fsp3) is 0.300. The fourth-order valence-corrected chi connectivity index (χ4v) is 3.02. The average molecular weight is 322 g/mol. The molecule has 0 aromatic heterocycles. The summed E-state index contributed by atoms with van der Waals surface area (Å²) in [5.74, 6) is 0.0499. The van der Waals surface area contributed by atoms with Crippen LogP contribution in [0.3, 0.4) is 0 Å². The highest BCUT2D eigenvalue weighted by molar-refractivity contribution is 5.97. The van der Waals surface area contributed by atoms with Crippen molar-refractivity contribution < 1.29 is 9.59 Å². The number of para-hydroxylation sites is 1. The van der Waals surface area contributed by atoms with Gasteiger partial charge in [-0.1, -0.05) is 48.5 Å². The Bertz CT molecular complexity index is 685. The van der Waals surface area contributed by atoms with Crippen LogP contribution in [0.15, 0.2) is 60.7 Å². The number of aryl methyl sites for hydroxylation is 1. The Labute approximate surface area is 142 Å². The topological polar surface area (TPSA) is 40.6 Å². The van der Waals surface area contributed by atoms with Gasteiger partial charge >= 0.3 is 0 Å². The summed E-state index contributed by atoms with van der Waals surface area (Å²) < 4.78 is 0. The highest BCUT2D eigenvalue weighted by atomic mass is 16.2. The van der Waals surface area contributed by atoms with E-state index in [1.165, 1.54) is 0 Å². The van der Waals surface area contributed by atoms with Crippen molar-refractivity contribution in [2.24, 2.45) is 0 Å². The van der Waals surface area contributed by atoms with Crippen LogP contribution >= 0.6 is 0 Å². The maximum Gasteiger partial charge on any atom is 0.246 e. The minimum absolute atomic E-state index is 0.00763. The highest BCUT2D eigenvalue weighted by Crippen LogP contribution is 2.17. The molecule has 0 aliphatic carbocycles. The molecule has 3 rings (SSSR count). The Kier molecular flexibility index (Phi) is 5.26. The van der Waals surface area contributed by atoms with Gasteiger partial charge < -0.3 is 9.80 Å². The lowest BCUT2D eigenvalue weighted by Gasteiger charge is -2.22. The number of carbonyl (C=O) groups excluding carboxylic acids is 2. The molecule has 1 heterocycles. The van der Waals surface area contributed by atoms with E-state index in [0.29, 0.717) is 25.9 Å². The molecule has 2 amide bonds. The van der Waals surface area contributed by atoms with Gasteiger partial charge in [-0.05, 0) is 30.5 Å². The molecule has 24 heavy (non-hydrogen) atoms. The summed E-state index contributed by atoms with van der Waals surface area (Å²) in [7, 11) is 0. The third-order valence-corrected chi connectivity index (χ3v) is 4.33. The minimum Gasteiger partial charge on any atom is -0.333 e. The maximum atomic E-state index is 12.5. The van der Waals surface area contributed by atoms with E-state index < -0.39 is 0 Å². The molecule has 4 heteroatoms. The van der Waals surface area contributed by atoms with Gasteiger partial charge in [-0.3, -0.25) is 9.59 Å². The van der Waals surface area contributed by atoms with Gasteiger partial charge in [0.1, 0.15) is 6.54 Å². The Morgan fingerprint density at radius 3 is 2.29 bits per heavy atom. The highest BCUT2D eigenvalue weighted by Gasteiger charge is 2.25. The fourth-order valence-electron chi connectivity index (χ4n) is 3.02. The standard InChI is InChI=1S/C20H22N2O2/c23-19(13-12-17-8-3-1-4-9-17)21-14-7-15-22(20(24)16-21)18-10-5-2-6-11-18/h1-6,8-11H,7,12-16H2. The number of amides is 2. The molecule has 2 aromatic carbocycles. The molecule has 1 aliphatic rings. The Morgan fingerprint density at radius 2 is 1.58 bits per heavy atom. The van der Waals surface area contributed by atoms with Crippen molar-refractivity contribution in [3.8, 4) is 0 Å². The van der Waals surface area contributed by atoms with Crippen LogP contribution in [-0.2, 0) is 16.0 Å². The van der Waals surface area contributed by atoms with Crippen LogP contribution in [0.4, 0.5) is 5.69 Å². The predicted molar refractivity (Wildman–Crippen MR) is 94.8 cm³/mol. The molecule has 2 aromatic rings. The Balaban J connectivity index is 1.59. The van der Waals surface area contributed by atoms with Gasteiger partial charge in [-0.2, -0.15) is 0 Å². The second-order valence-corrected chi connectivity index (χ2v) is 6.04. The smallest absolute Gasteiger partial charge is 0.246 e. The summed E-state index contributed by atoms with van der Waals surface area (Å²) in [5, 5.41) is 0. The van der Waals surface area contributed by atoms with E-state index in [2.05, 4.69) is 0 Å². The second kappa shape index (κ2) is 7.77. The molecule has 124 valence electrons. The van der Waals surface area contributed by atoms with Crippen LogP contribution in [0, 0.1) is 0 Å². The van der Waals surface area contributed by atoms with Gasteiger partial charge in [0.05, 0.1) is 0 Å². The van der Waals surface area contributed by atoms with E-state index >= 15 is 0 Å². The number of hydrogen-bond donors (Lipinski definition) is 0. The van der Waals surface area contributed by atoms with Crippen molar-refractivity contribution in [3.63, 3.8) is 0 Å². The van der Waals surface area contributed by atoms with Crippen LogP contribution in [0.1, 0.15) is 18.4 Å². The van der Waals surface area contributed by atoms with Crippen molar-refractivity contribution in [2.45, 2.75) is 19.3 Å². The number of benzene rings is 2. The molecule has 0 atom stereocenters. The lowest BCUT2D eigenvalue weighted by molar-refractivity contribution is -0.134. The van der Waals surface area contributed by atoms with Crippen molar-refractivity contribution >= 4 is 17.5 Å². The molecule has 4 nitrogen and oxygen atoms in total. The summed E-state index contributed by atoms with van der Waals surface area (Å²) in [5.41, 5.74) is 2.05. The predicted octanol–water partition coefficient (Wildman–Crippen LogP) is 2.88. The van der Waals surface area contributed by atoms with Gasteiger partial charge in [0.25, 0.3) is 0 Å². The molecule has 0 radical (unpaired) electrons. The number of nitrogens with zero attached hydrogens (tertiary/aromatic N) is 2. The van der Waals surface area contributed by atoms with E-state index in [-0.39, 0.29) is 18.4 Å². The molecule has 1 saturated heterocycles. The van der Waals surface area contributed by atoms with Crippen molar-refractivity contribution in [1.82, 2.24) is 4.90 Å². The maximum absolute atomic E-state index is 12.5. The third kappa shape index (κ3) is 4.02. The molecular formula is C20H22N2O2. The molecule has 0 unspecified atom stereocenters. The summed E-state index contributed by atoms with van der Waals surface area (Å²) in [4.78, 5) is 28.5. The number of hydrogen-bond acceptors (Lipinski definition) is 2. The first-order chi connectivity index (χ1) is 11.7. The zero-order valence-corrected chi connectivity index (χ0v) is 13.7. The molecule has 1 aliphatic heterocycles. The van der Waals surface area contributed by atoms with Gasteiger partial charge in [0.2, 0.25) is 11.8 Å². The normalized spacial score (nSPS) is 15.2.